The SMILES string of the molecule is CC1CCCC(C)N1NC(=O)C(F)(F)C(F)F. The Morgan fingerprint density at radius 2 is 1.76 bits per heavy atom. The standard InChI is InChI=1S/C10H16F4N2O/c1-6-4-3-5-7(2)16(6)15-9(17)10(13,14)8(11)12/h6-8H,3-5H2,1-2H3,(H,15,17). The Morgan fingerprint density at radius 3 is 2.18 bits per heavy atom. The third kappa shape index (κ3) is 3.08. The van der Waals surface area contributed by atoms with Crippen molar-refractivity contribution in [3.63, 3.8) is 0 Å². The molecule has 1 fully saturated rings. The van der Waals surface area contributed by atoms with Gasteiger partial charge in [-0.15, -0.1) is 0 Å². The fourth-order valence-corrected chi connectivity index (χ4v) is 1.93. The first-order valence-electron chi connectivity index (χ1n) is 5.52. The average molecular weight is 256 g/mol. The predicted octanol–water partition coefficient (Wildman–Crippen LogP) is 2.18. The summed E-state index contributed by atoms with van der Waals surface area (Å²) >= 11 is 0. The van der Waals surface area contributed by atoms with Crippen molar-refractivity contribution >= 4 is 5.91 Å². The van der Waals surface area contributed by atoms with Crippen molar-refractivity contribution in [1.82, 2.24) is 10.4 Å². The van der Waals surface area contributed by atoms with Crippen molar-refractivity contribution < 1.29 is 22.4 Å². The molecular weight excluding hydrogens is 240 g/mol. The van der Waals surface area contributed by atoms with E-state index >= 15 is 0 Å². The van der Waals surface area contributed by atoms with Gasteiger partial charge >= 0.3 is 18.3 Å². The summed E-state index contributed by atoms with van der Waals surface area (Å²) in [6, 6.07) is -0.257. The van der Waals surface area contributed by atoms with Gasteiger partial charge in [0.2, 0.25) is 0 Å². The second kappa shape index (κ2) is 5.20. The quantitative estimate of drug-likeness (QED) is 0.785. The van der Waals surface area contributed by atoms with Crippen LogP contribution in [0.1, 0.15) is 33.1 Å². The van der Waals surface area contributed by atoms with Gasteiger partial charge in [-0.25, -0.2) is 13.8 Å². The normalized spacial score (nSPS) is 27.2. The first kappa shape index (κ1) is 14.2. The Hall–Kier alpha value is -0.850. The molecule has 1 heterocycles. The summed E-state index contributed by atoms with van der Waals surface area (Å²) in [5.41, 5.74) is 1.90. The van der Waals surface area contributed by atoms with E-state index in [0.717, 1.165) is 19.3 Å². The van der Waals surface area contributed by atoms with Crippen molar-refractivity contribution in [2.75, 3.05) is 0 Å². The zero-order valence-electron chi connectivity index (χ0n) is 9.72. The van der Waals surface area contributed by atoms with Gasteiger partial charge in [-0.1, -0.05) is 6.42 Å². The second-order valence-electron chi connectivity index (χ2n) is 4.40. The third-order valence-corrected chi connectivity index (χ3v) is 3.00. The van der Waals surface area contributed by atoms with Crippen LogP contribution in [0.4, 0.5) is 17.6 Å². The molecule has 1 aliphatic rings. The molecule has 100 valence electrons. The zero-order valence-corrected chi connectivity index (χ0v) is 9.72. The van der Waals surface area contributed by atoms with Gasteiger partial charge in [-0.2, -0.15) is 8.78 Å². The maximum Gasteiger partial charge on any atom is 0.384 e. The van der Waals surface area contributed by atoms with E-state index in [4.69, 9.17) is 0 Å². The Bertz CT molecular complexity index is 275. The summed E-state index contributed by atoms with van der Waals surface area (Å²) in [6.07, 6.45) is -1.58. The molecule has 1 amide bonds. The van der Waals surface area contributed by atoms with Crippen LogP contribution in [-0.2, 0) is 4.79 Å². The number of alkyl halides is 4. The molecule has 1 saturated heterocycles. The molecule has 0 saturated carbocycles. The molecule has 0 radical (unpaired) electrons. The highest BCUT2D eigenvalue weighted by Gasteiger charge is 2.50. The first-order valence-corrected chi connectivity index (χ1v) is 5.52. The van der Waals surface area contributed by atoms with E-state index in [-0.39, 0.29) is 12.1 Å². The average Bonchev–Trinajstić information content (AvgIpc) is 2.23. The lowest BCUT2D eigenvalue weighted by molar-refractivity contribution is -0.177. The van der Waals surface area contributed by atoms with Crippen LogP contribution in [0.5, 0.6) is 0 Å². The molecule has 1 rings (SSSR count). The number of hydrogen-bond donors (Lipinski definition) is 1. The molecule has 0 aromatic heterocycles. The molecule has 3 nitrogen and oxygen atoms in total. The van der Waals surface area contributed by atoms with Gasteiger partial charge in [-0.05, 0) is 26.7 Å². The van der Waals surface area contributed by atoms with E-state index in [0.29, 0.717) is 0 Å². The number of carbonyl (C=O) groups is 1. The molecule has 0 spiro atoms. The van der Waals surface area contributed by atoms with Crippen LogP contribution in [0.25, 0.3) is 0 Å². The van der Waals surface area contributed by atoms with Crippen LogP contribution in [-0.4, -0.2) is 35.3 Å². The number of piperidine rings is 1. The fourth-order valence-electron chi connectivity index (χ4n) is 1.93. The monoisotopic (exact) mass is 256 g/mol. The van der Waals surface area contributed by atoms with Gasteiger partial charge in [0.1, 0.15) is 0 Å². The summed E-state index contributed by atoms with van der Waals surface area (Å²) in [5.74, 6) is -6.58. The summed E-state index contributed by atoms with van der Waals surface area (Å²) in [6.45, 7) is 3.52. The number of hydrogen-bond acceptors (Lipinski definition) is 2. The summed E-state index contributed by atoms with van der Waals surface area (Å²) in [7, 11) is 0. The lowest BCUT2D eigenvalue weighted by Gasteiger charge is -2.39. The van der Waals surface area contributed by atoms with E-state index in [9.17, 15) is 22.4 Å². The van der Waals surface area contributed by atoms with Crippen molar-refractivity contribution in [3.8, 4) is 0 Å². The highest BCUT2D eigenvalue weighted by Crippen LogP contribution is 2.25. The van der Waals surface area contributed by atoms with Gasteiger partial charge in [0, 0.05) is 12.1 Å². The third-order valence-electron chi connectivity index (χ3n) is 3.00. The zero-order chi connectivity index (χ0) is 13.2. The van der Waals surface area contributed by atoms with Gasteiger partial charge in [0.15, 0.2) is 0 Å². The molecule has 0 aromatic carbocycles. The van der Waals surface area contributed by atoms with Crippen LogP contribution in [0.2, 0.25) is 0 Å². The minimum Gasteiger partial charge on any atom is -0.283 e. The Labute approximate surface area is 97.1 Å². The number of carbonyl (C=O) groups excluding carboxylic acids is 1. The number of halogens is 4. The molecule has 0 aromatic rings. The Kier molecular flexibility index (Phi) is 4.35. The van der Waals surface area contributed by atoms with Gasteiger partial charge in [0.25, 0.3) is 0 Å². The molecule has 1 aliphatic heterocycles. The highest BCUT2D eigenvalue weighted by molar-refractivity contribution is 5.83. The van der Waals surface area contributed by atoms with Crippen LogP contribution in [0.3, 0.4) is 0 Å². The number of amides is 1. The van der Waals surface area contributed by atoms with Crippen molar-refractivity contribution in [3.05, 3.63) is 0 Å². The number of nitrogens with one attached hydrogen (secondary N) is 1. The van der Waals surface area contributed by atoms with Crippen LogP contribution in [0.15, 0.2) is 0 Å². The summed E-state index contributed by atoms with van der Waals surface area (Å²) in [5, 5.41) is 1.34. The van der Waals surface area contributed by atoms with Crippen LogP contribution < -0.4 is 5.43 Å². The van der Waals surface area contributed by atoms with E-state index < -0.39 is 18.3 Å². The second-order valence-corrected chi connectivity index (χ2v) is 4.40. The topological polar surface area (TPSA) is 32.3 Å². The van der Waals surface area contributed by atoms with E-state index in [1.807, 2.05) is 5.43 Å². The molecule has 0 aliphatic carbocycles. The smallest absolute Gasteiger partial charge is 0.283 e. The molecular formula is C10H16F4N2O. The van der Waals surface area contributed by atoms with Crippen LogP contribution >= 0.6 is 0 Å². The molecule has 0 bridgehead atoms. The van der Waals surface area contributed by atoms with E-state index in [1.165, 1.54) is 5.01 Å². The van der Waals surface area contributed by atoms with Crippen molar-refractivity contribution in [1.29, 1.82) is 0 Å². The highest BCUT2D eigenvalue weighted by atomic mass is 19.3. The minimum absolute atomic E-state index is 0.129. The van der Waals surface area contributed by atoms with E-state index in [1.54, 1.807) is 13.8 Å². The Balaban J connectivity index is 2.67. The predicted molar refractivity (Wildman–Crippen MR) is 53.7 cm³/mol. The maximum atomic E-state index is 12.8. The van der Waals surface area contributed by atoms with Crippen molar-refractivity contribution in [2.24, 2.45) is 0 Å². The van der Waals surface area contributed by atoms with Gasteiger partial charge in [0.05, 0.1) is 0 Å². The minimum atomic E-state index is -4.64. The van der Waals surface area contributed by atoms with Gasteiger partial charge < -0.3 is 0 Å². The lowest BCUT2D eigenvalue weighted by atomic mass is 10.00. The van der Waals surface area contributed by atoms with Crippen molar-refractivity contribution in [2.45, 2.75) is 57.5 Å². The molecule has 7 heteroatoms. The number of rotatable bonds is 3. The van der Waals surface area contributed by atoms with Gasteiger partial charge in [-0.3, -0.25) is 10.2 Å². The Morgan fingerprint density at radius 1 is 1.29 bits per heavy atom. The maximum absolute atomic E-state index is 12.8. The molecule has 17 heavy (non-hydrogen) atoms. The fraction of sp³-hybridized carbons (Fsp3) is 0.900. The number of hydrazine groups is 1. The summed E-state index contributed by atoms with van der Waals surface area (Å²) in [4.78, 5) is 11.1. The summed E-state index contributed by atoms with van der Waals surface area (Å²) < 4.78 is 49.5. The molecule has 2 unspecified atom stereocenters. The lowest BCUT2D eigenvalue weighted by Crippen LogP contribution is -2.58. The van der Waals surface area contributed by atoms with E-state index in [2.05, 4.69) is 0 Å². The first-order chi connectivity index (χ1) is 7.76. The molecule has 2 atom stereocenters. The largest absolute Gasteiger partial charge is 0.384 e. The molecule has 1 N–H and O–H groups in total. The van der Waals surface area contributed by atoms with Crippen LogP contribution in [0, 0.1) is 0 Å². The number of nitrogens with zero attached hydrogens (tertiary/aromatic N) is 1.